The molecule has 0 radical (unpaired) electrons. The minimum Gasteiger partial charge on any atom is -0.338 e. The summed E-state index contributed by atoms with van der Waals surface area (Å²) in [5, 5.41) is 3.76. The molecule has 1 saturated heterocycles. The Kier molecular flexibility index (Phi) is 5.21. The quantitative estimate of drug-likeness (QED) is 0.925. The fourth-order valence-electron chi connectivity index (χ4n) is 3.16. The summed E-state index contributed by atoms with van der Waals surface area (Å²) in [6.45, 7) is 4.39. The van der Waals surface area contributed by atoms with Crippen LogP contribution >= 0.6 is 11.6 Å². The second-order valence-corrected chi connectivity index (χ2v) is 6.66. The SMILES string of the molecule is O=C(NCCc1cccc(Cl)c1)N1CCN(C2CCC2)CC1. The number of nitrogens with zero attached hydrogens (tertiary/aromatic N) is 2. The molecule has 3 rings (SSSR count). The van der Waals surface area contributed by atoms with Crippen LogP contribution < -0.4 is 5.32 Å². The molecule has 0 spiro atoms. The Labute approximate surface area is 137 Å². The van der Waals surface area contributed by atoms with Crippen LogP contribution in [-0.2, 0) is 6.42 Å². The maximum absolute atomic E-state index is 12.2. The maximum Gasteiger partial charge on any atom is 0.317 e. The molecular weight excluding hydrogens is 298 g/mol. The summed E-state index contributed by atoms with van der Waals surface area (Å²) >= 11 is 5.96. The molecule has 120 valence electrons. The number of urea groups is 1. The van der Waals surface area contributed by atoms with E-state index in [2.05, 4.69) is 10.2 Å². The highest BCUT2D eigenvalue weighted by Gasteiger charge is 2.29. The minimum atomic E-state index is 0.0651. The van der Waals surface area contributed by atoms with Crippen molar-refractivity contribution in [1.29, 1.82) is 0 Å². The molecule has 0 atom stereocenters. The number of benzene rings is 1. The lowest BCUT2D eigenvalue weighted by molar-refractivity contribution is 0.0730. The zero-order valence-corrected chi connectivity index (χ0v) is 13.7. The summed E-state index contributed by atoms with van der Waals surface area (Å²) in [4.78, 5) is 16.7. The number of carbonyl (C=O) groups is 1. The number of amides is 2. The molecule has 2 fully saturated rings. The Morgan fingerprint density at radius 1 is 1.23 bits per heavy atom. The van der Waals surface area contributed by atoms with Crippen LogP contribution in [-0.4, -0.2) is 54.6 Å². The number of piperazine rings is 1. The van der Waals surface area contributed by atoms with Gasteiger partial charge in [0.05, 0.1) is 0 Å². The number of nitrogens with one attached hydrogen (secondary N) is 1. The summed E-state index contributed by atoms with van der Waals surface area (Å²) in [6, 6.07) is 8.65. The third-order valence-electron chi connectivity index (χ3n) is 4.77. The van der Waals surface area contributed by atoms with Crippen LogP contribution in [0.4, 0.5) is 4.79 Å². The van der Waals surface area contributed by atoms with Crippen molar-refractivity contribution in [3.63, 3.8) is 0 Å². The highest BCUT2D eigenvalue weighted by Crippen LogP contribution is 2.25. The van der Waals surface area contributed by atoms with Crippen molar-refractivity contribution in [2.45, 2.75) is 31.7 Å². The summed E-state index contributed by atoms with van der Waals surface area (Å²) < 4.78 is 0. The van der Waals surface area contributed by atoms with Gasteiger partial charge in [0.1, 0.15) is 0 Å². The molecule has 22 heavy (non-hydrogen) atoms. The zero-order chi connectivity index (χ0) is 15.4. The normalized spacial score (nSPS) is 19.8. The average molecular weight is 322 g/mol. The van der Waals surface area contributed by atoms with Crippen LogP contribution in [0, 0.1) is 0 Å². The molecule has 1 heterocycles. The van der Waals surface area contributed by atoms with Crippen LogP contribution in [0.25, 0.3) is 0 Å². The Balaban J connectivity index is 1.37. The van der Waals surface area contributed by atoms with Crippen molar-refractivity contribution in [2.75, 3.05) is 32.7 Å². The van der Waals surface area contributed by atoms with E-state index in [0.717, 1.165) is 49.2 Å². The minimum absolute atomic E-state index is 0.0651. The van der Waals surface area contributed by atoms with Crippen molar-refractivity contribution >= 4 is 17.6 Å². The Morgan fingerprint density at radius 2 is 2.00 bits per heavy atom. The Morgan fingerprint density at radius 3 is 2.64 bits per heavy atom. The van der Waals surface area contributed by atoms with Gasteiger partial charge >= 0.3 is 6.03 Å². The van der Waals surface area contributed by atoms with E-state index >= 15 is 0 Å². The van der Waals surface area contributed by atoms with E-state index in [0.29, 0.717) is 6.54 Å². The average Bonchev–Trinajstić information content (AvgIpc) is 2.46. The highest BCUT2D eigenvalue weighted by molar-refractivity contribution is 6.30. The van der Waals surface area contributed by atoms with Gasteiger partial charge in [-0.3, -0.25) is 4.90 Å². The van der Waals surface area contributed by atoms with Crippen LogP contribution in [0.15, 0.2) is 24.3 Å². The molecule has 0 bridgehead atoms. The van der Waals surface area contributed by atoms with Crippen LogP contribution in [0.2, 0.25) is 5.02 Å². The van der Waals surface area contributed by atoms with Crippen molar-refractivity contribution in [3.8, 4) is 0 Å². The number of carbonyl (C=O) groups excluding carboxylic acids is 1. The largest absolute Gasteiger partial charge is 0.338 e. The molecule has 4 nitrogen and oxygen atoms in total. The molecule has 2 amide bonds. The molecule has 0 aromatic heterocycles. The Hall–Kier alpha value is -1.26. The van der Waals surface area contributed by atoms with E-state index in [-0.39, 0.29) is 6.03 Å². The second kappa shape index (κ2) is 7.34. The van der Waals surface area contributed by atoms with E-state index in [1.165, 1.54) is 19.3 Å². The van der Waals surface area contributed by atoms with Crippen molar-refractivity contribution in [3.05, 3.63) is 34.9 Å². The van der Waals surface area contributed by atoms with Gasteiger partial charge in [0.15, 0.2) is 0 Å². The van der Waals surface area contributed by atoms with Gasteiger partial charge in [0.2, 0.25) is 0 Å². The number of rotatable bonds is 4. The molecule has 0 unspecified atom stereocenters. The van der Waals surface area contributed by atoms with Crippen LogP contribution in [0.5, 0.6) is 0 Å². The predicted octanol–water partition coefficient (Wildman–Crippen LogP) is 2.76. The third-order valence-corrected chi connectivity index (χ3v) is 5.01. The van der Waals surface area contributed by atoms with Gasteiger partial charge in [-0.15, -0.1) is 0 Å². The third kappa shape index (κ3) is 3.93. The van der Waals surface area contributed by atoms with Gasteiger partial charge in [0.25, 0.3) is 0 Å². The van der Waals surface area contributed by atoms with E-state index in [4.69, 9.17) is 11.6 Å². The van der Waals surface area contributed by atoms with E-state index < -0.39 is 0 Å². The molecule has 1 N–H and O–H groups in total. The van der Waals surface area contributed by atoms with E-state index in [1.54, 1.807) is 0 Å². The number of hydrogen-bond acceptors (Lipinski definition) is 2. The topological polar surface area (TPSA) is 35.6 Å². The molecule has 1 saturated carbocycles. The van der Waals surface area contributed by atoms with Crippen molar-refractivity contribution in [1.82, 2.24) is 15.1 Å². The van der Waals surface area contributed by atoms with Gasteiger partial charge < -0.3 is 10.2 Å². The van der Waals surface area contributed by atoms with Crippen molar-refractivity contribution in [2.24, 2.45) is 0 Å². The monoisotopic (exact) mass is 321 g/mol. The van der Waals surface area contributed by atoms with Gasteiger partial charge in [-0.2, -0.15) is 0 Å². The van der Waals surface area contributed by atoms with Crippen molar-refractivity contribution < 1.29 is 4.79 Å². The van der Waals surface area contributed by atoms with E-state index in [9.17, 15) is 4.79 Å². The summed E-state index contributed by atoms with van der Waals surface area (Å²) in [5.41, 5.74) is 1.16. The molecule has 1 aromatic rings. The van der Waals surface area contributed by atoms with Gasteiger partial charge in [-0.25, -0.2) is 4.79 Å². The fraction of sp³-hybridized carbons (Fsp3) is 0.588. The highest BCUT2D eigenvalue weighted by atomic mass is 35.5. The fourth-order valence-corrected chi connectivity index (χ4v) is 3.37. The Bertz CT molecular complexity index is 510. The second-order valence-electron chi connectivity index (χ2n) is 6.22. The first-order valence-corrected chi connectivity index (χ1v) is 8.61. The van der Waals surface area contributed by atoms with Gasteiger partial charge in [0, 0.05) is 43.8 Å². The predicted molar refractivity (Wildman–Crippen MR) is 89.3 cm³/mol. The van der Waals surface area contributed by atoms with Crippen LogP contribution in [0.1, 0.15) is 24.8 Å². The lowest BCUT2D eigenvalue weighted by Crippen LogP contribution is -2.55. The van der Waals surface area contributed by atoms with Gasteiger partial charge in [-0.05, 0) is 37.0 Å². The summed E-state index contributed by atoms with van der Waals surface area (Å²) in [7, 11) is 0. The lowest BCUT2D eigenvalue weighted by Gasteiger charge is -2.42. The first-order valence-electron chi connectivity index (χ1n) is 8.23. The molecule has 2 aliphatic rings. The number of hydrogen-bond donors (Lipinski definition) is 1. The molecular formula is C17H24ClN3O. The van der Waals surface area contributed by atoms with Crippen LogP contribution in [0.3, 0.4) is 0 Å². The molecule has 1 aromatic carbocycles. The standard InChI is InChI=1S/C17H24ClN3O/c18-15-4-1-3-14(13-15)7-8-19-17(22)21-11-9-20(10-12-21)16-5-2-6-16/h1,3-4,13,16H,2,5-12H2,(H,19,22). The maximum atomic E-state index is 12.2. The zero-order valence-electron chi connectivity index (χ0n) is 12.9. The van der Waals surface area contributed by atoms with E-state index in [1.807, 2.05) is 29.2 Å². The van der Waals surface area contributed by atoms with Gasteiger partial charge in [-0.1, -0.05) is 30.2 Å². The summed E-state index contributed by atoms with van der Waals surface area (Å²) in [5.74, 6) is 0. The lowest BCUT2D eigenvalue weighted by atomic mass is 9.91. The first-order chi connectivity index (χ1) is 10.7. The first kappa shape index (κ1) is 15.6. The molecule has 5 heteroatoms. The smallest absolute Gasteiger partial charge is 0.317 e. The summed E-state index contributed by atoms with van der Waals surface area (Å²) in [6.07, 6.45) is 4.86. The molecule has 1 aliphatic carbocycles. The number of halogens is 1. The molecule has 1 aliphatic heterocycles.